The van der Waals surface area contributed by atoms with Gasteiger partial charge in [-0.3, -0.25) is 0 Å². The number of rotatable bonds is 10. The van der Waals surface area contributed by atoms with Crippen LogP contribution in [0, 0.1) is 5.82 Å². The number of benzene rings is 2. The Labute approximate surface area is 184 Å². The Hall–Kier alpha value is -1.24. The third-order valence-electron chi connectivity index (χ3n) is 3.95. The van der Waals surface area contributed by atoms with Gasteiger partial charge in [-0.15, -0.1) is 0 Å². The maximum atomic E-state index is 13.8. The summed E-state index contributed by atoms with van der Waals surface area (Å²) in [6.07, 6.45) is 1.09. The molecule has 1 N–H and O–H groups in total. The van der Waals surface area contributed by atoms with Gasteiger partial charge in [-0.1, -0.05) is 23.7 Å². The van der Waals surface area contributed by atoms with Crippen molar-refractivity contribution in [1.82, 2.24) is 10.2 Å². The molecule has 0 aromatic heterocycles. The maximum absolute atomic E-state index is 13.8. The fourth-order valence-corrected chi connectivity index (χ4v) is 2.73. The highest BCUT2D eigenvalue weighted by Crippen LogP contribution is 2.30. The van der Waals surface area contributed by atoms with Gasteiger partial charge in [0, 0.05) is 12.1 Å². The van der Waals surface area contributed by atoms with Crippen molar-refractivity contribution >= 4 is 11.6 Å². The Balaban J connectivity index is 0.00000364. The summed E-state index contributed by atoms with van der Waals surface area (Å²) in [5.74, 6) is 0.795. The summed E-state index contributed by atoms with van der Waals surface area (Å²) in [6.45, 7) is 2.81. The number of hydrogen-bond acceptors (Lipinski definition) is 4. The minimum absolute atomic E-state index is 0. The fraction of sp³-hybridized carbons (Fsp3) is 0.400. The van der Waals surface area contributed by atoms with Crippen LogP contribution in [-0.2, 0) is 13.2 Å². The van der Waals surface area contributed by atoms with Gasteiger partial charge in [0.15, 0.2) is 11.5 Å². The summed E-state index contributed by atoms with van der Waals surface area (Å²) in [7, 11) is 5.72. The van der Waals surface area contributed by atoms with E-state index in [1.54, 1.807) is 19.2 Å². The zero-order valence-electron chi connectivity index (χ0n) is 16.3. The molecule has 0 saturated carbocycles. The first-order chi connectivity index (χ1) is 12.5. The van der Waals surface area contributed by atoms with Crippen LogP contribution < -0.4 is 39.6 Å². The first-order valence-corrected chi connectivity index (χ1v) is 8.97. The van der Waals surface area contributed by atoms with Crippen LogP contribution >= 0.6 is 11.6 Å². The van der Waals surface area contributed by atoms with Gasteiger partial charge in [0.1, 0.15) is 12.4 Å². The molecule has 0 atom stereocenters. The third kappa shape index (κ3) is 8.41. The van der Waals surface area contributed by atoms with Crippen LogP contribution in [0.5, 0.6) is 11.5 Å². The zero-order valence-corrected chi connectivity index (χ0v) is 18.5. The van der Waals surface area contributed by atoms with E-state index in [9.17, 15) is 4.39 Å². The molecule has 0 radical (unpaired) electrons. The Morgan fingerprint density at radius 1 is 1.11 bits per heavy atom. The Morgan fingerprint density at radius 3 is 2.50 bits per heavy atom. The van der Waals surface area contributed by atoms with E-state index in [1.807, 2.05) is 18.2 Å². The molecule has 2 aromatic carbocycles. The van der Waals surface area contributed by atoms with Crippen LogP contribution in [0.15, 0.2) is 36.4 Å². The van der Waals surface area contributed by atoms with E-state index in [0.717, 1.165) is 31.6 Å². The molecule has 0 saturated heterocycles. The number of halogens is 4. The maximum Gasteiger partial charge on any atom is 0.161 e. The summed E-state index contributed by atoms with van der Waals surface area (Å²) < 4.78 is 25.0. The molecule has 158 valence electrons. The quantitative estimate of drug-likeness (QED) is 0.429. The lowest BCUT2D eigenvalue weighted by molar-refractivity contribution is -0.00100. The molecule has 4 nitrogen and oxygen atoms in total. The molecule has 0 amide bonds. The first-order valence-electron chi connectivity index (χ1n) is 8.59. The van der Waals surface area contributed by atoms with Crippen molar-refractivity contribution in [3.05, 3.63) is 58.4 Å². The van der Waals surface area contributed by atoms with E-state index in [4.69, 9.17) is 21.1 Å². The molecule has 0 spiro atoms. The van der Waals surface area contributed by atoms with Crippen molar-refractivity contribution < 1.29 is 38.7 Å². The summed E-state index contributed by atoms with van der Waals surface area (Å²) in [6, 6.07) is 10.3. The van der Waals surface area contributed by atoms with Crippen molar-refractivity contribution in [2.45, 2.75) is 19.6 Å². The van der Waals surface area contributed by atoms with Gasteiger partial charge in [-0.25, -0.2) is 4.39 Å². The number of nitrogens with one attached hydrogen (secondary N) is 1. The Morgan fingerprint density at radius 2 is 1.86 bits per heavy atom. The first kappa shape index (κ1) is 26.8. The molecule has 0 aliphatic carbocycles. The SMILES string of the molecule is COc1cc(CNCCCN(C)C)ccc1OCc1c(F)cccc1Cl.[Cl-].[Cl-]. The molecule has 28 heavy (non-hydrogen) atoms. The number of hydrogen-bond donors (Lipinski definition) is 1. The van der Waals surface area contributed by atoms with Crippen LogP contribution in [0.1, 0.15) is 17.5 Å². The molecule has 0 aliphatic rings. The van der Waals surface area contributed by atoms with E-state index in [-0.39, 0.29) is 37.2 Å². The summed E-state index contributed by atoms with van der Waals surface area (Å²) in [5.41, 5.74) is 1.44. The zero-order chi connectivity index (χ0) is 18.9. The van der Waals surface area contributed by atoms with Gasteiger partial charge in [0.25, 0.3) is 0 Å². The average Bonchev–Trinajstić information content (AvgIpc) is 2.61. The van der Waals surface area contributed by atoms with Crippen molar-refractivity contribution in [2.75, 3.05) is 34.3 Å². The van der Waals surface area contributed by atoms with E-state index >= 15 is 0 Å². The normalized spacial score (nSPS) is 10.2. The Bertz CT molecular complexity index is 698. The van der Waals surface area contributed by atoms with Gasteiger partial charge in [0.05, 0.1) is 12.1 Å². The second-order valence-corrected chi connectivity index (χ2v) is 6.71. The van der Waals surface area contributed by atoms with Crippen molar-refractivity contribution in [1.29, 1.82) is 0 Å². The minimum atomic E-state index is -0.380. The molecular formula is C20H26Cl3FN2O2-2. The highest BCUT2D eigenvalue weighted by atomic mass is 35.5. The predicted octanol–water partition coefficient (Wildman–Crippen LogP) is -1.88. The number of methoxy groups -OCH3 is 1. The van der Waals surface area contributed by atoms with Crippen molar-refractivity contribution in [3.63, 3.8) is 0 Å². The summed E-state index contributed by atoms with van der Waals surface area (Å²) >= 11 is 6.03. The fourth-order valence-electron chi connectivity index (χ4n) is 2.51. The van der Waals surface area contributed by atoms with Crippen molar-refractivity contribution in [2.24, 2.45) is 0 Å². The highest BCUT2D eigenvalue weighted by Gasteiger charge is 2.11. The van der Waals surface area contributed by atoms with E-state index in [0.29, 0.717) is 22.1 Å². The van der Waals surface area contributed by atoms with Crippen molar-refractivity contribution in [3.8, 4) is 11.5 Å². The van der Waals surface area contributed by atoms with Crippen LogP contribution in [-0.4, -0.2) is 39.2 Å². The summed E-state index contributed by atoms with van der Waals surface area (Å²) in [4.78, 5) is 2.17. The molecule has 2 aromatic rings. The van der Waals surface area contributed by atoms with Gasteiger partial charge in [0.2, 0.25) is 0 Å². The van der Waals surface area contributed by atoms with Gasteiger partial charge in [-0.05, 0) is 63.4 Å². The predicted molar refractivity (Wildman–Crippen MR) is 104 cm³/mol. The molecule has 0 bridgehead atoms. The number of nitrogens with zero attached hydrogens (tertiary/aromatic N) is 1. The molecular weight excluding hydrogens is 426 g/mol. The van der Waals surface area contributed by atoms with Crippen LogP contribution in [0.25, 0.3) is 0 Å². The largest absolute Gasteiger partial charge is 1.00 e. The smallest absolute Gasteiger partial charge is 0.161 e. The topological polar surface area (TPSA) is 33.7 Å². The van der Waals surface area contributed by atoms with Crippen LogP contribution in [0.3, 0.4) is 0 Å². The molecule has 0 fully saturated rings. The lowest BCUT2D eigenvalue weighted by atomic mass is 10.2. The second kappa shape index (κ2) is 13.9. The second-order valence-electron chi connectivity index (χ2n) is 6.31. The van der Waals surface area contributed by atoms with E-state index < -0.39 is 0 Å². The van der Waals surface area contributed by atoms with Crippen LogP contribution in [0.4, 0.5) is 4.39 Å². The molecule has 2 rings (SSSR count). The number of ether oxygens (including phenoxy) is 2. The van der Waals surface area contributed by atoms with E-state index in [2.05, 4.69) is 24.3 Å². The molecule has 8 heteroatoms. The van der Waals surface area contributed by atoms with Gasteiger partial charge >= 0.3 is 0 Å². The molecule has 0 aliphatic heterocycles. The molecule has 0 unspecified atom stereocenters. The van der Waals surface area contributed by atoms with Gasteiger partial charge in [-0.2, -0.15) is 0 Å². The minimum Gasteiger partial charge on any atom is -1.00 e. The van der Waals surface area contributed by atoms with E-state index in [1.165, 1.54) is 6.07 Å². The van der Waals surface area contributed by atoms with Crippen LogP contribution in [0.2, 0.25) is 5.02 Å². The monoisotopic (exact) mass is 450 g/mol. The molecule has 0 heterocycles. The standard InChI is InChI=1S/C20H26ClFN2O2.2ClH/c1-24(2)11-5-10-23-13-15-8-9-19(20(12-15)25-3)26-14-16-17(21)6-4-7-18(16)22;;/h4,6-9,12,23H,5,10-11,13-14H2,1-3H3;2*1H/p-2. The van der Waals surface area contributed by atoms with Gasteiger partial charge < -0.3 is 44.5 Å². The lowest BCUT2D eigenvalue weighted by Gasteiger charge is -2.14. The summed E-state index contributed by atoms with van der Waals surface area (Å²) in [5, 5.41) is 3.76. The average molecular weight is 452 g/mol. The third-order valence-corrected chi connectivity index (χ3v) is 4.30. The Kier molecular flexibility index (Phi) is 13.2. The lowest BCUT2D eigenvalue weighted by Crippen LogP contribution is -3.00. The highest BCUT2D eigenvalue weighted by molar-refractivity contribution is 6.31.